The number of fused-ring (bicyclic) bond motifs is 13. The van der Waals surface area contributed by atoms with E-state index in [0.717, 1.165) is 39.8 Å². The van der Waals surface area contributed by atoms with E-state index in [2.05, 4.69) is 287 Å². The van der Waals surface area contributed by atoms with Crippen molar-refractivity contribution >= 4 is 55.9 Å². The smallest absolute Gasteiger partial charge is 0.0727 e. The Kier molecular flexibility index (Phi) is 9.11. The summed E-state index contributed by atoms with van der Waals surface area (Å²) in [6, 6.07) is 100. The van der Waals surface area contributed by atoms with Crippen LogP contribution in [0.1, 0.15) is 22.3 Å². The molecule has 3 nitrogen and oxygen atoms in total. The van der Waals surface area contributed by atoms with Gasteiger partial charge in [-0.1, -0.05) is 182 Å². The predicted molar refractivity (Wildman–Crippen MR) is 292 cm³/mol. The summed E-state index contributed by atoms with van der Waals surface area (Å²) in [5.74, 6) is 0. The summed E-state index contributed by atoms with van der Waals surface area (Å²) in [6.45, 7) is 0. The number of hydrogen-bond acceptors (Lipinski definition) is 2. The second-order valence-corrected chi connectivity index (χ2v) is 18.4. The SMILES string of the molecule is c1ccc(-c2cccc(N(c3ccccc3)c3ccc4c(c3)C3(c5ccccc5-4)c4ccccc4-c4ccc(N(c5ccccc5)c5ccc6c7ccccc7n(-c7ccccc7)c6c5)cc43)c2)cc1. The lowest BCUT2D eigenvalue weighted by Crippen LogP contribution is -2.26. The van der Waals surface area contributed by atoms with E-state index in [-0.39, 0.29) is 0 Å². The first-order valence-corrected chi connectivity index (χ1v) is 24.2. The van der Waals surface area contributed by atoms with Crippen molar-refractivity contribution in [1.29, 1.82) is 0 Å². The molecule has 0 saturated carbocycles. The molecule has 0 fully saturated rings. The average Bonchev–Trinajstić information content (AvgIpc) is 4.03. The van der Waals surface area contributed by atoms with Gasteiger partial charge in [0.2, 0.25) is 0 Å². The Hall–Kier alpha value is -9.18. The van der Waals surface area contributed by atoms with E-state index < -0.39 is 5.41 Å². The molecule has 0 radical (unpaired) electrons. The molecule has 1 aromatic heterocycles. The molecule has 0 bridgehead atoms. The number of nitrogens with zero attached hydrogens (tertiary/aromatic N) is 3. The van der Waals surface area contributed by atoms with Crippen LogP contribution in [0.4, 0.5) is 34.1 Å². The van der Waals surface area contributed by atoms with E-state index in [1.807, 2.05) is 0 Å². The second-order valence-electron chi connectivity index (χ2n) is 18.4. The molecule has 12 aromatic rings. The zero-order chi connectivity index (χ0) is 46.2. The molecule has 70 heavy (non-hydrogen) atoms. The second kappa shape index (κ2) is 16.0. The van der Waals surface area contributed by atoms with Crippen molar-refractivity contribution in [3.05, 3.63) is 295 Å². The number of rotatable bonds is 8. The molecule has 2 aliphatic rings. The van der Waals surface area contributed by atoms with Crippen LogP contribution in [0, 0.1) is 0 Å². The van der Waals surface area contributed by atoms with Gasteiger partial charge >= 0.3 is 0 Å². The number of hydrogen-bond donors (Lipinski definition) is 0. The Bertz CT molecular complexity index is 3940. The molecule has 1 spiro atoms. The third-order valence-corrected chi connectivity index (χ3v) is 14.7. The van der Waals surface area contributed by atoms with Crippen LogP contribution >= 0.6 is 0 Å². The molecule has 14 rings (SSSR count). The summed E-state index contributed by atoms with van der Waals surface area (Å²) >= 11 is 0. The lowest BCUT2D eigenvalue weighted by Gasteiger charge is -2.33. The third kappa shape index (κ3) is 6.01. The van der Waals surface area contributed by atoms with Crippen LogP contribution in [0.25, 0.3) is 60.9 Å². The van der Waals surface area contributed by atoms with Crippen LogP contribution in [-0.4, -0.2) is 4.57 Å². The zero-order valence-corrected chi connectivity index (χ0v) is 38.3. The molecule has 1 atom stereocenters. The number of benzene rings is 11. The summed E-state index contributed by atoms with van der Waals surface area (Å²) in [7, 11) is 0. The Morgan fingerprint density at radius 3 is 1.30 bits per heavy atom. The van der Waals surface area contributed by atoms with E-state index in [1.54, 1.807) is 0 Å². The van der Waals surface area contributed by atoms with Gasteiger partial charge < -0.3 is 14.4 Å². The van der Waals surface area contributed by atoms with Crippen molar-refractivity contribution in [2.75, 3.05) is 9.80 Å². The monoisotopic (exact) mass is 891 g/mol. The van der Waals surface area contributed by atoms with E-state index in [1.165, 1.54) is 77.4 Å². The van der Waals surface area contributed by atoms with E-state index in [0.29, 0.717) is 0 Å². The van der Waals surface area contributed by atoms with Crippen LogP contribution in [0.3, 0.4) is 0 Å². The summed E-state index contributed by atoms with van der Waals surface area (Å²) in [5, 5.41) is 2.47. The minimum absolute atomic E-state index is 0.593. The van der Waals surface area contributed by atoms with E-state index in [4.69, 9.17) is 0 Å². The quantitative estimate of drug-likeness (QED) is 0.151. The summed E-state index contributed by atoms with van der Waals surface area (Å²) in [5.41, 5.74) is 22.1. The first kappa shape index (κ1) is 39.9. The lowest BCUT2D eigenvalue weighted by atomic mass is 9.70. The molecule has 2 aliphatic carbocycles. The molecule has 0 saturated heterocycles. The Morgan fingerprint density at radius 1 is 0.257 bits per heavy atom. The van der Waals surface area contributed by atoms with E-state index in [9.17, 15) is 0 Å². The van der Waals surface area contributed by atoms with E-state index >= 15 is 0 Å². The van der Waals surface area contributed by atoms with Crippen molar-refractivity contribution in [2.24, 2.45) is 0 Å². The van der Waals surface area contributed by atoms with Crippen molar-refractivity contribution in [1.82, 2.24) is 4.57 Å². The van der Waals surface area contributed by atoms with Gasteiger partial charge in [0.25, 0.3) is 0 Å². The van der Waals surface area contributed by atoms with Gasteiger partial charge in [-0.15, -0.1) is 0 Å². The topological polar surface area (TPSA) is 11.4 Å². The normalized spacial score (nSPS) is 14.1. The molecule has 0 aliphatic heterocycles. The van der Waals surface area contributed by atoms with Crippen LogP contribution in [0.15, 0.2) is 273 Å². The minimum Gasteiger partial charge on any atom is -0.310 e. The molecular formula is C67H45N3. The highest BCUT2D eigenvalue weighted by Gasteiger charge is 2.52. The Labute approximate surface area is 408 Å². The average molecular weight is 892 g/mol. The van der Waals surface area contributed by atoms with Crippen molar-refractivity contribution in [2.45, 2.75) is 5.41 Å². The lowest BCUT2D eigenvalue weighted by molar-refractivity contribution is 0.793. The standard InChI is InChI=1S/C67H45N3/c1-5-20-46(21-6-1)47-22-19-29-51(42-47)68(48-23-7-2-8-24-48)52-36-39-57-55-30-13-16-33-61(55)67(63(57)43-52)62-34-17-14-31-56(62)58-40-37-53(44-64(58)67)69(49-25-9-3-10-26-49)54-38-41-60-59-32-15-18-35-65(59)70(66(60)45-54)50-27-11-4-12-28-50/h1-45H. The summed E-state index contributed by atoms with van der Waals surface area (Å²) in [6.07, 6.45) is 0. The van der Waals surface area contributed by atoms with Gasteiger partial charge in [-0.3, -0.25) is 0 Å². The fraction of sp³-hybridized carbons (Fsp3) is 0.0149. The summed E-state index contributed by atoms with van der Waals surface area (Å²) in [4.78, 5) is 4.86. The first-order valence-electron chi connectivity index (χ1n) is 24.2. The number of anilines is 6. The number of para-hydroxylation sites is 4. The first-order chi connectivity index (χ1) is 34.7. The van der Waals surface area contributed by atoms with Crippen LogP contribution in [0.2, 0.25) is 0 Å². The van der Waals surface area contributed by atoms with Gasteiger partial charge in [0.1, 0.15) is 0 Å². The Balaban J connectivity index is 0.998. The highest BCUT2D eigenvalue weighted by atomic mass is 15.1. The maximum absolute atomic E-state index is 2.50. The molecule has 1 unspecified atom stereocenters. The van der Waals surface area contributed by atoms with Crippen LogP contribution in [0.5, 0.6) is 0 Å². The van der Waals surface area contributed by atoms with Gasteiger partial charge in [-0.2, -0.15) is 0 Å². The molecule has 328 valence electrons. The van der Waals surface area contributed by atoms with Gasteiger partial charge in [-0.05, 0) is 147 Å². The largest absolute Gasteiger partial charge is 0.310 e. The van der Waals surface area contributed by atoms with Crippen molar-refractivity contribution in [3.63, 3.8) is 0 Å². The molecule has 0 amide bonds. The summed E-state index contributed by atoms with van der Waals surface area (Å²) < 4.78 is 2.41. The Morgan fingerprint density at radius 2 is 0.686 bits per heavy atom. The van der Waals surface area contributed by atoms with Gasteiger partial charge in [0.05, 0.1) is 16.4 Å². The molecule has 0 N–H and O–H groups in total. The predicted octanol–water partition coefficient (Wildman–Crippen LogP) is 17.7. The van der Waals surface area contributed by atoms with Crippen molar-refractivity contribution in [3.8, 4) is 39.1 Å². The van der Waals surface area contributed by atoms with Crippen LogP contribution < -0.4 is 9.80 Å². The maximum atomic E-state index is 2.50. The fourth-order valence-corrected chi connectivity index (χ4v) is 11.9. The van der Waals surface area contributed by atoms with Crippen molar-refractivity contribution < 1.29 is 0 Å². The van der Waals surface area contributed by atoms with Gasteiger partial charge in [0.15, 0.2) is 0 Å². The highest BCUT2D eigenvalue weighted by Crippen LogP contribution is 2.64. The van der Waals surface area contributed by atoms with Crippen LogP contribution in [-0.2, 0) is 5.41 Å². The molecule has 3 heteroatoms. The van der Waals surface area contributed by atoms with Gasteiger partial charge in [0, 0.05) is 50.6 Å². The highest BCUT2D eigenvalue weighted by molar-refractivity contribution is 6.10. The fourth-order valence-electron chi connectivity index (χ4n) is 11.9. The maximum Gasteiger partial charge on any atom is 0.0727 e. The zero-order valence-electron chi connectivity index (χ0n) is 38.3. The molecular weight excluding hydrogens is 847 g/mol. The minimum atomic E-state index is -0.593. The third-order valence-electron chi connectivity index (χ3n) is 14.7. The molecule has 11 aromatic carbocycles. The van der Waals surface area contributed by atoms with Gasteiger partial charge in [-0.25, -0.2) is 0 Å². The molecule has 1 heterocycles. The number of aromatic nitrogens is 1.